The zero-order chi connectivity index (χ0) is 25.5. The SMILES string of the molecule is CCC(CC)Oc1ccc2cc(Oc3ccc(CC(=O)Nc4ccccc4C(=O)O)cn3)ccc2c1. The molecular formula is C29H28N2O5. The highest BCUT2D eigenvalue weighted by molar-refractivity contribution is 6.01. The molecule has 0 aliphatic carbocycles. The number of hydrogen-bond donors (Lipinski definition) is 2. The number of carbonyl (C=O) groups excluding carboxylic acids is 1. The van der Waals surface area contributed by atoms with E-state index in [-0.39, 0.29) is 29.7 Å². The molecule has 0 bridgehead atoms. The van der Waals surface area contributed by atoms with Crippen molar-refractivity contribution in [1.82, 2.24) is 4.98 Å². The Morgan fingerprint density at radius 3 is 2.28 bits per heavy atom. The fourth-order valence-corrected chi connectivity index (χ4v) is 3.84. The summed E-state index contributed by atoms with van der Waals surface area (Å²) >= 11 is 0. The molecule has 1 heterocycles. The summed E-state index contributed by atoms with van der Waals surface area (Å²) in [6.07, 6.45) is 3.78. The van der Waals surface area contributed by atoms with E-state index in [4.69, 9.17) is 9.47 Å². The van der Waals surface area contributed by atoms with Gasteiger partial charge in [-0.05, 0) is 65.6 Å². The molecule has 1 amide bonds. The first kappa shape index (κ1) is 24.7. The number of ether oxygens (including phenoxy) is 2. The van der Waals surface area contributed by atoms with Gasteiger partial charge in [0.25, 0.3) is 0 Å². The summed E-state index contributed by atoms with van der Waals surface area (Å²) in [7, 11) is 0. The maximum atomic E-state index is 12.4. The predicted octanol–water partition coefficient (Wildman–Crippen LogP) is 6.47. The zero-order valence-corrected chi connectivity index (χ0v) is 20.2. The minimum atomic E-state index is -1.10. The molecule has 0 saturated heterocycles. The van der Waals surface area contributed by atoms with Crippen molar-refractivity contribution in [1.29, 1.82) is 0 Å². The number of carboxylic acids is 1. The second kappa shape index (κ2) is 11.4. The van der Waals surface area contributed by atoms with E-state index in [2.05, 4.69) is 24.1 Å². The lowest BCUT2D eigenvalue weighted by atomic mass is 10.1. The summed E-state index contributed by atoms with van der Waals surface area (Å²) in [6, 6.07) is 21.6. The number of para-hydroxylation sites is 1. The zero-order valence-electron chi connectivity index (χ0n) is 20.2. The molecule has 0 aliphatic heterocycles. The number of fused-ring (bicyclic) bond motifs is 1. The van der Waals surface area contributed by atoms with Gasteiger partial charge in [0, 0.05) is 12.3 Å². The van der Waals surface area contributed by atoms with Gasteiger partial charge in [0.15, 0.2) is 0 Å². The Balaban J connectivity index is 1.38. The molecule has 0 spiro atoms. The first-order valence-corrected chi connectivity index (χ1v) is 11.9. The molecule has 7 nitrogen and oxygen atoms in total. The lowest BCUT2D eigenvalue weighted by Gasteiger charge is -2.16. The van der Waals surface area contributed by atoms with Gasteiger partial charge in [0.05, 0.1) is 23.8 Å². The molecule has 7 heteroatoms. The van der Waals surface area contributed by atoms with Gasteiger partial charge >= 0.3 is 5.97 Å². The maximum Gasteiger partial charge on any atom is 0.337 e. The van der Waals surface area contributed by atoms with E-state index in [1.165, 1.54) is 6.07 Å². The van der Waals surface area contributed by atoms with E-state index < -0.39 is 5.97 Å². The molecule has 0 atom stereocenters. The van der Waals surface area contributed by atoms with Gasteiger partial charge in [-0.3, -0.25) is 4.79 Å². The fourth-order valence-electron chi connectivity index (χ4n) is 3.84. The normalized spacial score (nSPS) is 10.9. The second-order valence-corrected chi connectivity index (χ2v) is 8.41. The molecule has 36 heavy (non-hydrogen) atoms. The summed E-state index contributed by atoms with van der Waals surface area (Å²) < 4.78 is 11.9. The van der Waals surface area contributed by atoms with Crippen molar-refractivity contribution in [2.45, 2.75) is 39.2 Å². The number of rotatable bonds is 10. The Bertz CT molecular complexity index is 1360. The number of nitrogens with one attached hydrogen (secondary N) is 1. The van der Waals surface area contributed by atoms with Crippen LogP contribution in [0, 0.1) is 0 Å². The highest BCUT2D eigenvalue weighted by Gasteiger charge is 2.12. The van der Waals surface area contributed by atoms with E-state index in [9.17, 15) is 14.7 Å². The summed E-state index contributed by atoms with van der Waals surface area (Å²) in [5, 5.41) is 14.0. The first-order valence-electron chi connectivity index (χ1n) is 11.9. The molecule has 2 N–H and O–H groups in total. The molecule has 4 rings (SSSR count). The average Bonchev–Trinajstić information content (AvgIpc) is 2.88. The summed E-state index contributed by atoms with van der Waals surface area (Å²) in [5.41, 5.74) is 0.975. The number of carboxylic acid groups (broad SMARTS) is 1. The van der Waals surface area contributed by atoms with Crippen LogP contribution in [0.15, 0.2) is 79.0 Å². The molecule has 184 valence electrons. The topological polar surface area (TPSA) is 97.8 Å². The van der Waals surface area contributed by atoms with E-state index in [0.717, 1.165) is 29.4 Å². The lowest BCUT2D eigenvalue weighted by molar-refractivity contribution is -0.115. The number of amides is 1. The van der Waals surface area contributed by atoms with Crippen molar-refractivity contribution in [2.75, 3.05) is 5.32 Å². The maximum absolute atomic E-state index is 12.4. The van der Waals surface area contributed by atoms with E-state index >= 15 is 0 Å². The van der Waals surface area contributed by atoms with Crippen molar-refractivity contribution in [3.8, 4) is 17.4 Å². The Morgan fingerprint density at radius 2 is 1.61 bits per heavy atom. The van der Waals surface area contributed by atoms with Crippen LogP contribution >= 0.6 is 0 Å². The largest absolute Gasteiger partial charge is 0.490 e. The van der Waals surface area contributed by atoms with Crippen LogP contribution in [0.4, 0.5) is 5.69 Å². The van der Waals surface area contributed by atoms with Crippen LogP contribution in [0.5, 0.6) is 17.4 Å². The van der Waals surface area contributed by atoms with Crippen LogP contribution in [0.2, 0.25) is 0 Å². The number of nitrogens with zero attached hydrogens (tertiary/aromatic N) is 1. The number of carbonyl (C=O) groups is 2. The Morgan fingerprint density at radius 1 is 0.917 bits per heavy atom. The Kier molecular flexibility index (Phi) is 7.80. The smallest absolute Gasteiger partial charge is 0.337 e. The van der Waals surface area contributed by atoms with Crippen molar-refractivity contribution in [2.24, 2.45) is 0 Å². The highest BCUT2D eigenvalue weighted by atomic mass is 16.5. The standard InChI is InChI=1S/C29H28N2O5/c1-3-22(4-2)35-23-12-10-21-17-24(13-11-20(21)16-23)36-28-14-9-19(18-30-28)15-27(32)31-26-8-6-5-7-25(26)29(33)34/h5-14,16-18,22H,3-4,15H2,1-2H3,(H,31,32)(H,33,34). The third kappa shape index (κ3) is 6.18. The Labute approximate surface area is 209 Å². The van der Waals surface area contributed by atoms with Gasteiger partial charge in [0.1, 0.15) is 11.5 Å². The van der Waals surface area contributed by atoms with E-state index in [1.807, 2.05) is 36.4 Å². The van der Waals surface area contributed by atoms with Crippen molar-refractivity contribution in [3.05, 3.63) is 90.1 Å². The highest BCUT2D eigenvalue weighted by Crippen LogP contribution is 2.28. The van der Waals surface area contributed by atoms with Crippen molar-refractivity contribution >= 4 is 28.3 Å². The lowest BCUT2D eigenvalue weighted by Crippen LogP contribution is -2.16. The number of pyridine rings is 1. The summed E-state index contributed by atoms with van der Waals surface area (Å²) in [5.74, 6) is 0.486. The minimum Gasteiger partial charge on any atom is -0.490 e. The molecule has 4 aromatic rings. The molecule has 0 unspecified atom stereocenters. The molecule has 0 aliphatic rings. The van der Waals surface area contributed by atoms with Gasteiger partial charge < -0.3 is 19.9 Å². The Hall–Kier alpha value is -4.39. The van der Waals surface area contributed by atoms with Crippen LogP contribution in [-0.4, -0.2) is 28.1 Å². The third-order valence-electron chi connectivity index (χ3n) is 5.81. The molecule has 0 radical (unpaired) electrons. The molecule has 0 saturated carbocycles. The molecule has 1 aromatic heterocycles. The summed E-state index contributed by atoms with van der Waals surface area (Å²) in [6.45, 7) is 4.24. The average molecular weight is 485 g/mol. The van der Waals surface area contributed by atoms with Crippen LogP contribution in [0.25, 0.3) is 10.8 Å². The molecule has 3 aromatic carbocycles. The monoisotopic (exact) mass is 484 g/mol. The fraction of sp³-hybridized carbons (Fsp3) is 0.207. The number of anilines is 1. The van der Waals surface area contributed by atoms with Crippen molar-refractivity contribution < 1.29 is 24.2 Å². The van der Waals surface area contributed by atoms with E-state index in [0.29, 0.717) is 17.2 Å². The van der Waals surface area contributed by atoms with Crippen LogP contribution < -0.4 is 14.8 Å². The minimum absolute atomic E-state index is 0.0398. The summed E-state index contributed by atoms with van der Waals surface area (Å²) in [4.78, 5) is 28.0. The predicted molar refractivity (Wildman–Crippen MR) is 139 cm³/mol. The third-order valence-corrected chi connectivity index (χ3v) is 5.81. The quantitative estimate of drug-likeness (QED) is 0.268. The molecular weight excluding hydrogens is 456 g/mol. The molecule has 0 fully saturated rings. The van der Waals surface area contributed by atoms with Crippen LogP contribution in [0.1, 0.15) is 42.6 Å². The number of aromatic nitrogens is 1. The van der Waals surface area contributed by atoms with Gasteiger partial charge in [-0.2, -0.15) is 0 Å². The van der Waals surface area contributed by atoms with Crippen LogP contribution in [-0.2, 0) is 11.2 Å². The van der Waals surface area contributed by atoms with E-state index in [1.54, 1.807) is 36.5 Å². The van der Waals surface area contributed by atoms with Gasteiger partial charge in [-0.15, -0.1) is 0 Å². The first-order chi connectivity index (χ1) is 17.4. The van der Waals surface area contributed by atoms with Crippen molar-refractivity contribution in [3.63, 3.8) is 0 Å². The number of hydrogen-bond acceptors (Lipinski definition) is 5. The van der Waals surface area contributed by atoms with Gasteiger partial charge in [-0.1, -0.05) is 44.2 Å². The van der Waals surface area contributed by atoms with Gasteiger partial charge in [-0.25, -0.2) is 9.78 Å². The van der Waals surface area contributed by atoms with Crippen LogP contribution in [0.3, 0.4) is 0 Å². The number of benzene rings is 3. The van der Waals surface area contributed by atoms with Gasteiger partial charge in [0.2, 0.25) is 11.8 Å². The number of aromatic carboxylic acids is 1. The second-order valence-electron chi connectivity index (χ2n) is 8.41.